The van der Waals surface area contributed by atoms with Crippen molar-refractivity contribution in [3.8, 4) is 11.3 Å². The Morgan fingerprint density at radius 1 is 1.04 bits per heavy atom. The molecule has 0 aliphatic carbocycles. The molecule has 3 aromatic rings. The van der Waals surface area contributed by atoms with Gasteiger partial charge in [0.25, 0.3) is 0 Å². The molecular weight excluding hydrogens is 339 g/mol. The molecule has 0 radical (unpaired) electrons. The number of amides is 1. The molecule has 27 heavy (non-hydrogen) atoms. The molecule has 3 nitrogen and oxygen atoms in total. The summed E-state index contributed by atoms with van der Waals surface area (Å²) in [6.45, 7) is 9.48. The van der Waals surface area contributed by atoms with Crippen molar-refractivity contribution in [2.45, 2.75) is 40.5 Å². The van der Waals surface area contributed by atoms with E-state index >= 15 is 4.39 Å². The molecule has 0 bridgehead atoms. The van der Waals surface area contributed by atoms with Gasteiger partial charge in [0.2, 0.25) is 5.91 Å². The third kappa shape index (κ3) is 3.70. The largest absolute Gasteiger partial charge is 0.325 e. The van der Waals surface area contributed by atoms with Crippen LogP contribution < -0.4 is 5.32 Å². The standard InChI is InChI=1S/C23H25FN2O/c1-14(2)19-15-10-6-8-12-17(15)25-21(20(19)24)16-11-7-9-13-18(16)26-22(27)23(3,4)5/h6-14H,1-5H3,(H,26,27). The van der Waals surface area contributed by atoms with Gasteiger partial charge in [0, 0.05) is 21.9 Å². The second-order valence-electron chi connectivity index (χ2n) is 8.11. The van der Waals surface area contributed by atoms with Crippen LogP contribution in [0.25, 0.3) is 22.2 Å². The summed E-state index contributed by atoms with van der Waals surface area (Å²) in [6, 6.07) is 14.8. The molecule has 0 unspecified atom stereocenters. The number of carbonyl (C=O) groups excluding carboxylic acids is 1. The van der Waals surface area contributed by atoms with Gasteiger partial charge in [0.1, 0.15) is 5.69 Å². The van der Waals surface area contributed by atoms with Gasteiger partial charge in [-0.25, -0.2) is 9.37 Å². The summed E-state index contributed by atoms with van der Waals surface area (Å²) in [6.07, 6.45) is 0. The second kappa shape index (κ2) is 7.10. The molecule has 0 aliphatic heterocycles. The minimum Gasteiger partial charge on any atom is -0.325 e. The molecule has 0 aliphatic rings. The Kier molecular flexibility index (Phi) is 5.01. The number of carbonyl (C=O) groups is 1. The molecule has 1 amide bonds. The summed E-state index contributed by atoms with van der Waals surface area (Å²) in [5, 5.41) is 3.75. The molecule has 1 N–H and O–H groups in total. The van der Waals surface area contributed by atoms with Crippen molar-refractivity contribution in [1.29, 1.82) is 0 Å². The maximum absolute atomic E-state index is 15.5. The Morgan fingerprint density at radius 3 is 2.33 bits per heavy atom. The van der Waals surface area contributed by atoms with Crippen LogP contribution in [0.15, 0.2) is 48.5 Å². The van der Waals surface area contributed by atoms with Crippen molar-refractivity contribution < 1.29 is 9.18 Å². The van der Waals surface area contributed by atoms with Crippen LogP contribution in [0.1, 0.15) is 46.1 Å². The van der Waals surface area contributed by atoms with Gasteiger partial charge in [-0.2, -0.15) is 0 Å². The lowest BCUT2D eigenvalue weighted by atomic mass is 9.94. The molecule has 0 saturated heterocycles. The van der Waals surface area contributed by atoms with Gasteiger partial charge >= 0.3 is 0 Å². The molecule has 1 aromatic heterocycles. The van der Waals surface area contributed by atoms with E-state index < -0.39 is 5.41 Å². The highest BCUT2D eigenvalue weighted by Gasteiger charge is 2.24. The van der Waals surface area contributed by atoms with E-state index in [-0.39, 0.29) is 23.3 Å². The summed E-state index contributed by atoms with van der Waals surface area (Å²) in [7, 11) is 0. The zero-order chi connectivity index (χ0) is 19.8. The monoisotopic (exact) mass is 364 g/mol. The summed E-state index contributed by atoms with van der Waals surface area (Å²) in [4.78, 5) is 17.1. The van der Waals surface area contributed by atoms with E-state index in [4.69, 9.17) is 0 Å². The topological polar surface area (TPSA) is 42.0 Å². The molecule has 3 rings (SSSR count). The Bertz CT molecular complexity index is 1000. The maximum atomic E-state index is 15.5. The molecule has 2 aromatic carbocycles. The van der Waals surface area contributed by atoms with Gasteiger partial charge in [-0.05, 0) is 18.1 Å². The number of hydrogen-bond donors (Lipinski definition) is 1. The predicted octanol–water partition coefficient (Wildman–Crippen LogP) is 6.15. The number of nitrogens with zero attached hydrogens (tertiary/aromatic N) is 1. The Hall–Kier alpha value is -2.75. The van der Waals surface area contributed by atoms with E-state index in [9.17, 15) is 4.79 Å². The van der Waals surface area contributed by atoms with Crippen molar-refractivity contribution in [1.82, 2.24) is 4.98 Å². The summed E-state index contributed by atoms with van der Waals surface area (Å²) in [5.41, 5.74) is 2.25. The predicted molar refractivity (Wildman–Crippen MR) is 109 cm³/mol. The van der Waals surface area contributed by atoms with E-state index in [2.05, 4.69) is 10.3 Å². The molecule has 0 saturated carbocycles. The molecule has 1 heterocycles. The highest BCUT2D eigenvalue weighted by Crippen LogP contribution is 2.36. The van der Waals surface area contributed by atoms with Gasteiger partial charge < -0.3 is 5.32 Å². The third-order valence-electron chi connectivity index (χ3n) is 4.56. The van der Waals surface area contributed by atoms with E-state index in [1.165, 1.54) is 0 Å². The van der Waals surface area contributed by atoms with Crippen molar-refractivity contribution in [2.75, 3.05) is 5.32 Å². The van der Waals surface area contributed by atoms with Crippen LogP contribution in [-0.2, 0) is 4.79 Å². The van der Waals surface area contributed by atoms with Gasteiger partial charge in [-0.15, -0.1) is 0 Å². The van der Waals surface area contributed by atoms with Crippen LogP contribution in [0.4, 0.5) is 10.1 Å². The number of rotatable bonds is 3. The fourth-order valence-corrected chi connectivity index (χ4v) is 3.07. The van der Waals surface area contributed by atoms with Crippen molar-refractivity contribution in [3.63, 3.8) is 0 Å². The van der Waals surface area contributed by atoms with Gasteiger partial charge in [0.15, 0.2) is 5.82 Å². The molecular formula is C23H25FN2O. The number of aromatic nitrogens is 1. The van der Waals surface area contributed by atoms with Crippen LogP contribution in [0.2, 0.25) is 0 Å². The molecule has 0 spiro atoms. The summed E-state index contributed by atoms with van der Waals surface area (Å²) in [5.74, 6) is -0.450. The maximum Gasteiger partial charge on any atom is 0.229 e. The Morgan fingerprint density at radius 2 is 1.67 bits per heavy atom. The second-order valence-corrected chi connectivity index (χ2v) is 8.11. The zero-order valence-corrected chi connectivity index (χ0v) is 16.4. The van der Waals surface area contributed by atoms with Gasteiger partial charge in [0.05, 0.1) is 11.2 Å². The number of fused-ring (bicyclic) bond motifs is 1. The number of anilines is 1. The fraction of sp³-hybridized carbons (Fsp3) is 0.304. The van der Waals surface area contributed by atoms with Crippen LogP contribution >= 0.6 is 0 Å². The first-order valence-electron chi connectivity index (χ1n) is 9.19. The average molecular weight is 364 g/mol. The Balaban J connectivity index is 2.22. The first-order chi connectivity index (χ1) is 12.7. The SMILES string of the molecule is CC(C)c1c(F)c(-c2ccccc2NC(=O)C(C)(C)C)nc2ccccc12. The minimum absolute atomic E-state index is 0.00739. The number of nitrogens with one attached hydrogen (secondary N) is 1. The van der Waals surface area contributed by atoms with Gasteiger partial charge in [-0.3, -0.25) is 4.79 Å². The fourth-order valence-electron chi connectivity index (χ4n) is 3.07. The smallest absolute Gasteiger partial charge is 0.229 e. The number of para-hydroxylation sites is 2. The molecule has 140 valence electrons. The van der Waals surface area contributed by atoms with Crippen LogP contribution in [0.5, 0.6) is 0 Å². The van der Waals surface area contributed by atoms with E-state index in [0.717, 1.165) is 10.9 Å². The number of hydrogen-bond acceptors (Lipinski definition) is 2. The number of halogens is 1. The van der Waals surface area contributed by atoms with E-state index in [0.29, 0.717) is 16.8 Å². The quantitative estimate of drug-likeness (QED) is 0.606. The minimum atomic E-state index is -0.550. The number of benzene rings is 2. The highest BCUT2D eigenvalue weighted by molar-refractivity contribution is 5.98. The van der Waals surface area contributed by atoms with Crippen molar-refractivity contribution in [3.05, 3.63) is 59.9 Å². The molecule has 4 heteroatoms. The van der Waals surface area contributed by atoms with E-state index in [1.807, 2.05) is 71.0 Å². The summed E-state index contributed by atoms with van der Waals surface area (Å²) >= 11 is 0. The first-order valence-corrected chi connectivity index (χ1v) is 9.19. The lowest BCUT2D eigenvalue weighted by molar-refractivity contribution is -0.123. The van der Waals surface area contributed by atoms with Gasteiger partial charge in [-0.1, -0.05) is 71.0 Å². The summed E-state index contributed by atoms with van der Waals surface area (Å²) < 4.78 is 15.5. The lowest BCUT2D eigenvalue weighted by Crippen LogP contribution is -2.27. The normalized spacial score (nSPS) is 11.8. The molecule has 0 fully saturated rings. The van der Waals surface area contributed by atoms with Crippen LogP contribution in [-0.4, -0.2) is 10.9 Å². The van der Waals surface area contributed by atoms with Crippen molar-refractivity contribution in [2.24, 2.45) is 5.41 Å². The van der Waals surface area contributed by atoms with Crippen molar-refractivity contribution >= 4 is 22.5 Å². The number of pyridine rings is 1. The van der Waals surface area contributed by atoms with Crippen LogP contribution in [0.3, 0.4) is 0 Å². The zero-order valence-electron chi connectivity index (χ0n) is 16.4. The van der Waals surface area contributed by atoms with E-state index in [1.54, 1.807) is 12.1 Å². The van der Waals surface area contributed by atoms with Crippen LogP contribution in [0, 0.1) is 11.2 Å². The first kappa shape index (κ1) is 19.0. The average Bonchev–Trinajstić information content (AvgIpc) is 2.60. The lowest BCUT2D eigenvalue weighted by Gasteiger charge is -2.20. The third-order valence-corrected chi connectivity index (χ3v) is 4.56. The highest BCUT2D eigenvalue weighted by atomic mass is 19.1. The molecule has 0 atom stereocenters. The Labute approximate surface area is 159 Å².